The number of hydrogen-bond donors (Lipinski definition) is 1. The molecule has 0 amide bonds. The van der Waals surface area contributed by atoms with Gasteiger partial charge in [-0.05, 0) is 37.5 Å². The Morgan fingerprint density at radius 3 is 2.84 bits per heavy atom. The summed E-state index contributed by atoms with van der Waals surface area (Å²) >= 11 is 0. The number of nitrogens with zero attached hydrogens (tertiary/aromatic N) is 3. The van der Waals surface area contributed by atoms with Crippen molar-refractivity contribution in [2.75, 3.05) is 18.6 Å². The maximum atomic E-state index is 11.4. The van der Waals surface area contributed by atoms with Gasteiger partial charge in [0.25, 0.3) is 0 Å². The second-order valence-electron chi connectivity index (χ2n) is 6.17. The first-order valence-electron chi connectivity index (χ1n) is 8.38. The maximum absolute atomic E-state index is 11.4. The number of anilines is 2. The molecule has 0 spiro atoms. The lowest BCUT2D eigenvalue weighted by atomic mass is 10.1. The number of rotatable bonds is 5. The summed E-state index contributed by atoms with van der Waals surface area (Å²) in [5.74, 6) is 0.832. The second kappa shape index (κ2) is 6.63. The number of aromatic nitrogens is 2. The van der Waals surface area contributed by atoms with Crippen molar-refractivity contribution in [2.24, 2.45) is 7.05 Å². The van der Waals surface area contributed by atoms with Gasteiger partial charge in [0.15, 0.2) is 0 Å². The number of aliphatic carboxylic acids is 1. The van der Waals surface area contributed by atoms with Gasteiger partial charge in [0.2, 0.25) is 0 Å². The fourth-order valence-corrected chi connectivity index (χ4v) is 3.35. The Bertz CT molecular complexity index is 852. The van der Waals surface area contributed by atoms with Crippen LogP contribution >= 0.6 is 0 Å². The maximum Gasteiger partial charge on any atom is 0.331 e. The molecule has 25 heavy (non-hydrogen) atoms. The van der Waals surface area contributed by atoms with Crippen LogP contribution in [0.15, 0.2) is 23.8 Å². The number of benzene rings is 1. The van der Waals surface area contributed by atoms with Crippen molar-refractivity contribution in [2.45, 2.75) is 26.7 Å². The second-order valence-corrected chi connectivity index (χ2v) is 6.17. The van der Waals surface area contributed by atoms with Crippen molar-refractivity contribution in [1.29, 1.82) is 0 Å². The minimum absolute atomic E-state index is 0.377. The van der Waals surface area contributed by atoms with E-state index in [-0.39, 0.29) is 0 Å². The number of carboxylic acids is 1. The predicted octanol–water partition coefficient (Wildman–Crippen LogP) is 3.31. The Balaban J connectivity index is 2.13. The Hall–Kier alpha value is -2.76. The fraction of sp³-hybridized carbons (Fsp3) is 0.368. The Labute approximate surface area is 147 Å². The third-order valence-corrected chi connectivity index (χ3v) is 4.66. The highest BCUT2D eigenvalue weighted by molar-refractivity contribution is 5.93. The molecule has 3 rings (SSSR count). The van der Waals surface area contributed by atoms with Crippen LogP contribution < -0.4 is 9.64 Å². The van der Waals surface area contributed by atoms with Gasteiger partial charge < -0.3 is 14.7 Å². The Morgan fingerprint density at radius 1 is 1.44 bits per heavy atom. The molecule has 6 heteroatoms. The number of carboxylic acid groups (broad SMARTS) is 1. The number of hydrogen-bond acceptors (Lipinski definition) is 4. The molecule has 1 aliphatic rings. The van der Waals surface area contributed by atoms with E-state index < -0.39 is 5.97 Å². The highest BCUT2D eigenvalue weighted by Gasteiger charge is 2.27. The zero-order valence-electron chi connectivity index (χ0n) is 15.0. The fourth-order valence-electron chi connectivity index (χ4n) is 3.35. The first-order chi connectivity index (χ1) is 12.0. The van der Waals surface area contributed by atoms with Crippen LogP contribution in [0.25, 0.3) is 6.08 Å². The molecular weight excluding hydrogens is 318 g/mol. The van der Waals surface area contributed by atoms with E-state index in [0.717, 1.165) is 41.5 Å². The summed E-state index contributed by atoms with van der Waals surface area (Å²) in [4.78, 5) is 13.6. The highest BCUT2D eigenvalue weighted by atomic mass is 16.5. The number of carbonyl (C=O) groups is 1. The lowest BCUT2D eigenvalue weighted by Crippen LogP contribution is -2.18. The van der Waals surface area contributed by atoms with Crippen molar-refractivity contribution in [1.82, 2.24) is 9.78 Å². The van der Waals surface area contributed by atoms with Gasteiger partial charge in [-0.25, -0.2) is 4.79 Å². The third-order valence-electron chi connectivity index (χ3n) is 4.66. The van der Waals surface area contributed by atoms with Crippen LogP contribution in [0.3, 0.4) is 0 Å². The van der Waals surface area contributed by atoms with Gasteiger partial charge in [0, 0.05) is 36.5 Å². The summed E-state index contributed by atoms with van der Waals surface area (Å²) in [7, 11) is 3.55. The molecular formula is C19H23N3O3. The monoisotopic (exact) mass is 341 g/mol. The minimum atomic E-state index is -0.889. The summed E-state index contributed by atoms with van der Waals surface area (Å²) < 4.78 is 7.19. The molecule has 2 aromatic rings. The summed E-state index contributed by atoms with van der Waals surface area (Å²) in [6.45, 7) is 4.59. The smallest absolute Gasteiger partial charge is 0.331 e. The molecule has 2 heterocycles. The van der Waals surface area contributed by atoms with Gasteiger partial charge in [0.05, 0.1) is 12.8 Å². The van der Waals surface area contributed by atoms with Crippen LogP contribution in [0.2, 0.25) is 0 Å². The van der Waals surface area contributed by atoms with Crippen LogP contribution in [-0.2, 0) is 18.3 Å². The predicted molar refractivity (Wildman–Crippen MR) is 97.6 cm³/mol. The molecule has 1 aliphatic heterocycles. The lowest BCUT2D eigenvalue weighted by Gasteiger charge is -2.21. The molecule has 6 nitrogen and oxygen atoms in total. The molecule has 0 fully saturated rings. The topological polar surface area (TPSA) is 67.6 Å². The van der Waals surface area contributed by atoms with Crippen LogP contribution in [0.5, 0.6) is 5.75 Å². The van der Waals surface area contributed by atoms with Crippen molar-refractivity contribution in [3.8, 4) is 5.75 Å². The van der Waals surface area contributed by atoms with Gasteiger partial charge >= 0.3 is 5.97 Å². The van der Waals surface area contributed by atoms with E-state index >= 15 is 0 Å². The van der Waals surface area contributed by atoms with Crippen LogP contribution in [-0.4, -0.2) is 34.5 Å². The van der Waals surface area contributed by atoms with Crippen LogP contribution in [0, 0.1) is 6.92 Å². The number of fused-ring (bicyclic) bond motifs is 1. The van der Waals surface area contributed by atoms with Crippen LogP contribution in [0.1, 0.15) is 30.2 Å². The van der Waals surface area contributed by atoms with E-state index in [4.69, 9.17) is 4.74 Å². The van der Waals surface area contributed by atoms with Crippen molar-refractivity contribution in [3.63, 3.8) is 0 Å². The standard InChI is InChI=1S/C19H23N3O3/c1-5-13(19(23)24)10-16-12(2)20-21(3)18(16)22-9-8-14-6-7-15(25-4)11-17(14)22/h6-7,10-11H,5,8-9H2,1-4H3,(H,23,24)/b13-10+. The average molecular weight is 341 g/mol. The minimum Gasteiger partial charge on any atom is -0.497 e. The average Bonchev–Trinajstić information content (AvgIpc) is 3.11. The molecule has 0 saturated carbocycles. The summed E-state index contributed by atoms with van der Waals surface area (Å²) in [5.41, 5.74) is 4.40. The van der Waals surface area contributed by atoms with Gasteiger partial charge in [0.1, 0.15) is 11.6 Å². The quantitative estimate of drug-likeness (QED) is 0.845. The van der Waals surface area contributed by atoms with E-state index in [9.17, 15) is 9.90 Å². The van der Waals surface area contributed by atoms with E-state index in [1.165, 1.54) is 5.56 Å². The van der Waals surface area contributed by atoms with Gasteiger partial charge in [-0.1, -0.05) is 13.0 Å². The van der Waals surface area contributed by atoms with Gasteiger partial charge in [-0.3, -0.25) is 4.68 Å². The normalized spacial score (nSPS) is 13.9. The molecule has 132 valence electrons. The summed E-state index contributed by atoms with van der Waals surface area (Å²) in [5, 5.41) is 13.9. The number of ether oxygens (including phenoxy) is 1. The van der Waals surface area contributed by atoms with E-state index in [1.807, 2.05) is 37.7 Å². The van der Waals surface area contributed by atoms with Crippen molar-refractivity contribution in [3.05, 3.63) is 40.6 Å². The zero-order valence-corrected chi connectivity index (χ0v) is 15.0. The summed E-state index contributed by atoms with van der Waals surface area (Å²) in [6.07, 6.45) is 3.15. The molecule has 0 saturated heterocycles. The molecule has 1 N–H and O–H groups in total. The van der Waals surface area contributed by atoms with Crippen LogP contribution in [0.4, 0.5) is 11.5 Å². The van der Waals surface area contributed by atoms with E-state index in [1.54, 1.807) is 13.2 Å². The first-order valence-corrected chi connectivity index (χ1v) is 8.38. The molecule has 0 aliphatic carbocycles. The molecule has 0 unspecified atom stereocenters. The Morgan fingerprint density at radius 2 is 2.20 bits per heavy atom. The zero-order chi connectivity index (χ0) is 18.1. The van der Waals surface area contributed by atoms with E-state index in [0.29, 0.717) is 12.0 Å². The van der Waals surface area contributed by atoms with E-state index in [2.05, 4.69) is 16.1 Å². The molecule has 0 radical (unpaired) electrons. The lowest BCUT2D eigenvalue weighted by molar-refractivity contribution is -0.132. The largest absolute Gasteiger partial charge is 0.497 e. The van der Waals surface area contributed by atoms with Crippen molar-refractivity contribution >= 4 is 23.6 Å². The molecule has 0 bridgehead atoms. The Kier molecular flexibility index (Phi) is 4.53. The molecule has 0 atom stereocenters. The van der Waals surface area contributed by atoms with Gasteiger partial charge in [-0.2, -0.15) is 5.10 Å². The van der Waals surface area contributed by atoms with Crippen molar-refractivity contribution < 1.29 is 14.6 Å². The molecule has 1 aromatic carbocycles. The molecule has 1 aromatic heterocycles. The number of aryl methyl sites for hydroxylation is 2. The number of methoxy groups -OCH3 is 1. The highest BCUT2D eigenvalue weighted by Crippen LogP contribution is 2.39. The third kappa shape index (κ3) is 2.99. The SMILES string of the molecule is CC/C(=C\c1c(C)nn(C)c1N1CCc2ccc(OC)cc21)C(=O)O. The summed E-state index contributed by atoms with van der Waals surface area (Å²) in [6, 6.07) is 6.08. The first kappa shape index (κ1) is 17.1. The van der Waals surface area contributed by atoms with Gasteiger partial charge in [-0.15, -0.1) is 0 Å².